The Morgan fingerprint density at radius 3 is 2.71 bits per heavy atom. The minimum atomic E-state index is -4.64. The Kier molecular flexibility index (Phi) is 6.79. The van der Waals surface area contributed by atoms with E-state index in [9.17, 15) is 22.8 Å². The zero-order chi connectivity index (χ0) is 29.9. The third-order valence-electron chi connectivity index (χ3n) is 7.90. The molecule has 0 bridgehead atoms. The minimum Gasteiger partial charge on any atom is -0.382 e. The normalized spacial score (nSPS) is 18.9. The van der Waals surface area contributed by atoms with Crippen molar-refractivity contribution in [3.8, 4) is 11.3 Å². The van der Waals surface area contributed by atoms with Gasteiger partial charge in [-0.05, 0) is 56.0 Å². The number of anilines is 2. The number of pyridine rings is 1. The average molecular weight is 602 g/mol. The number of aryl methyl sites for hydroxylation is 1. The fourth-order valence-electron chi connectivity index (χ4n) is 5.84. The SMILES string of the molecule is Cc1cc(C(=O)Nc2cc(C(F)(F)F)ccn2)c(F)cc1-c1nc(C2CCC3CCC(=O)N3C2)n2c(Cl)cnc(N)c12. The number of fused-ring (bicyclic) bond motifs is 2. The first-order valence-corrected chi connectivity index (χ1v) is 13.6. The van der Waals surface area contributed by atoms with Gasteiger partial charge in [-0.1, -0.05) is 11.6 Å². The van der Waals surface area contributed by atoms with Crippen molar-refractivity contribution in [2.75, 3.05) is 17.6 Å². The molecular weight excluding hydrogens is 578 g/mol. The molecule has 1 aromatic carbocycles. The number of halogens is 5. The zero-order valence-corrected chi connectivity index (χ0v) is 22.9. The van der Waals surface area contributed by atoms with E-state index in [4.69, 9.17) is 22.3 Å². The van der Waals surface area contributed by atoms with Crippen molar-refractivity contribution >= 4 is 40.6 Å². The fraction of sp³-hybridized carbons (Fsp3) is 0.321. The summed E-state index contributed by atoms with van der Waals surface area (Å²) in [5.41, 5.74) is 6.30. The van der Waals surface area contributed by atoms with E-state index in [0.717, 1.165) is 37.6 Å². The number of nitrogens with zero attached hydrogens (tertiary/aromatic N) is 5. The number of nitrogen functional groups attached to an aromatic ring is 1. The number of aromatic nitrogens is 4. The summed E-state index contributed by atoms with van der Waals surface area (Å²) in [6.07, 6.45) is 0.595. The fourth-order valence-corrected chi connectivity index (χ4v) is 6.06. The van der Waals surface area contributed by atoms with Crippen LogP contribution in [0.1, 0.15) is 58.9 Å². The first-order valence-electron chi connectivity index (χ1n) is 13.2. The largest absolute Gasteiger partial charge is 0.416 e. The average Bonchev–Trinajstić information content (AvgIpc) is 3.53. The first kappa shape index (κ1) is 27.9. The van der Waals surface area contributed by atoms with Crippen LogP contribution in [0.5, 0.6) is 0 Å². The summed E-state index contributed by atoms with van der Waals surface area (Å²) in [6.45, 7) is 2.11. The van der Waals surface area contributed by atoms with E-state index >= 15 is 4.39 Å². The molecule has 218 valence electrons. The molecule has 0 saturated carbocycles. The molecule has 6 rings (SSSR count). The van der Waals surface area contributed by atoms with Crippen molar-refractivity contribution < 1.29 is 27.2 Å². The van der Waals surface area contributed by atoms with Crippen LogP contribution in [0.15, 0.2) is 36.7 Å². The van der Waals surface area contributed by atoms with E-state index < -0.39 is 29.0 Å². The quantitative estimate of drug-likeness (QED) is 0.293. The van der Waals surface area contributed by atoms with Gasteiger partial charge in [0.1, 0.15) is 39.6 Å². The lowest BCUT2D eigenvalue weighted by atomic mass is 9.92. The van der Waals surface area contributed by atoms with Gasteiger partial charge < -0.3 is 16.0 Å². The van der Waals surface area contributed by atoms with E-state index in [0.29, 0.717) is 47.2 Å². The Bertz CT molecular complexity index is 1760. The van der Waals surface area contributed by atoms with Gasteiger partial charge in [0.05, 0.1) is 17.3 Å². The number of amides is 2. The molecule has 14 heteroatoms. The number of carbonyl (C=O) groups is 2. The molecule has 2 fully saturated rings. The first-order chi connectivity index (χ1) is 19.9. The molecule has 2 unspecified atom stereocenters. The Labute approximate surface area is 241 Å². The van der Waals surface area contributed by atoms with Crippen molar-refractivity contribution in [3.63, 3.8) is 0 Å². The van der Waals surface area contributed by atoms with Crippen molar-refractivity contribution in [2.24, 2.45) is 0 Å². The molecule has 2 aliphatic rings. The van der Waals surface area contributed by atoms with Crippen LogP contribution in [-0.4, -0.2) is 48.7 Å². The molecular formula is C28H24ClF4N7O2. The van der Waals surface area contributed by atoms with Crippen molar-refractivity contribution in [1.29, 1.82) is 0 Å². The van der Waals surface area contributed by atoms with Crippen LogP contribution in [0.2, 0.25) is 5.15 Å². The predicted molar refractivity (Wildman–Crippen MR) is 146 cm³/mol. The van der Waals surface area contributed by atoms with Crippen molar-refractivity contribution in [3.05, 3.63) is 70.1 Å². The number of benzene rings is 1. The molecule has 3 N–H and O–H groups in total. The van der Waals surface area contributed by atoms with Gasteiger partial charge in [-0.2, -0.15) is 13.2 Å². The number of hydrogen-bond acceptors (Lipinski definition) is 6. The van der Waals surface area contributed by atoms with Crippen LogP contribution in [-0.2, 0) is 11.0 Å². The number of rotatable bonds is 4. The second-order valence-electron chi connectivity index (χ2n) is 10.5. The van der Waals surface area contributed by atoms with Crippen LogP contribution in [0.25, 0.3) is 16.8 Å². The Morgan fingerprint density at radius 1 is 1.17 bits per heavy atom. The summed E-state index contributed by atoms with van der Waals surface area (Å²) >= 11 is 6.57. The number of imidazole rings is 1. The molecule has 2 aliphatic heterocycles. The zero-order valence-electron chi connectivity index (χ0n) is 22.2. The van der Waals surface area contributed by atoms with Gasteiger partial charge in [-0.15, -0.1) is 0 Å². The second-order valence-corrected chi connectivity index (χ2v) is 10.9. The molecule has 3 aromatic heterocycles. The van der Waals surface area contributed by atoms with Crippen LogP contribution in [0.4, 0.5) is 29.2 Å². The van der Waals surface area contributed by atoms with Gasteiger partial charge in [0.2, 0.25) is 5.91 Å². The maximum atomic E-state index is 15.5. The lowest BCUT2D eigenvalue weighted by Crippen LogP contribution is -2.41. The number of hydrogen-bond donors (Lipinski definition) is 2. The lowest BCUT2D eigenvalue weighted by molar-refractivity contribution is -0.137. The molecule has 0 aliphatic carbocycles. The molecule has 42 heavy (non-hydrogen) atoms. The van der Waals surface area contributed by atoms with Crippen LogP contribution < -0.4 is 11.1 Å². The Balaban J connectivity index is 1.38. The summed E-state index contributed by atoms with van der Waals surface area (Å²) in [5.74, 6) is -1.66. The Hall–Kier alpha value is -4.26. The summed E-state index contributed by atoms with van der Waals surface area (Å²) in [7, 11) is 0. The smallest absolute Gasteiger partial charge is 0.382 e. The lowest BCUT2D eigenvalue weighted by Gasteiger charge is -2.34. The highest BCUT2D eigenvalue weighted by molar-refractivity contribution is 6.30. The van der Waals surface area contributed by atoms with Crippen molar-refractivity contribution in [2.45, 2.75) is 50.7 Å². The van der Waals surface area contributed by atoms with E-state index in [-0.39, 0.29) is 34.7 Å². The third kappa shape index (κ3) is 4.81. The van der Waals surface area contributed by atoms with E-state index in [1.165, 1.54) is 12.3 Å². The Morgan fingerprint density at radius 2 is 1.95 bits per heavy atom. The van der Waals surface area contributed by atoms with Gasteiger partial charge in [-0.3, -0.25) is 14.0 Å². The maximum Gasteiger partial charge on any atom is 0.416 e. The molecule has 0 spiro atoms. The molecule has 4 aromatic rings. The molecule has 2 saturated heterocycles. The second kappa shape index (κ2) is 10.2. The standard InChI is InChI=1S/C28H24ClF4N7O2/c1-13-8-18(27(42)37-21-9-15(6-7-35-21)28(31,32)33)19(30)10-17(13)23-24-25(34)36-11-20(29)40(24)26(38-23)14-2-3-16-4-5-22(41)39(16)12-14/h6-11,14,16H,2-5,12H2,1H3,(H2,34,36)(H,35,37,42). The summed E-state index contributed by atoms with van der Waals surface area (Å²) in [6, 6.07) is 4.04. The van der Waals surface area contributed by atoms with Gasteiger partial charge in [0.15, 0.2) is 0 Å². The topological polar surface area (TPSA) is 119 Å². The molecule has 9 nitrogen and oxygen atoms in total. The summed E-state index contributed by atoms with van der Waals surface area (Å²) < 4.78 is 56.3. The third-order valence-corrected chi connectivity index (χ3v) is 8.16. The van der Waals surface area contributed by atoms with E-state index in [2.05, 4.69) is 15.3 Å². The molecule has 2 atom stereocenters. The van der Waals surface area contributed by atoms with Crippen LogP contribution in [0, 0.1) is 12.7 Å². The maximum absolute atomic E-state index is 15.5. The van der Waals surface area contributed by atoms with Gasteiger partial charge in [0.25, 0.3) is 5.91 Å². The predicted octanol–water partition coefficient (Wildman–Crippen LogP) is 5.61. The number of alkyl halides is 3. The molecule has 2 amide bonds. The minimum absolute atomic E-state index is 0.102. The van der Waals surface area contributed by atoms with E-state index in [1.807, 2.05) is 4.90 Å². The van der Waals surface area contributed by atoms with Crippen LogP contribution >= 0.6 is 11.6 Å². The highest BCUT2D eigenvalue weighted by Gasteiger charge is 2.39. The number of carbonyl (C=O) groups excluding carboxylic acids is 2. The van der Waals surface area contributed by atoms with Gasteiger partial charge in [-0.25, -0.2) is 19.3 Å². The summed E-state index contributed by atoms with van der Waals surface area (Å²) in [5, 5.41) is 2.47. The van der Waals surface area contributed by atoms with Crippen LogP contribution in [0.3, 0.4) is 0 Å². The van der Waals surface area contributed by atoms with Gasteiger partial charge >= 0.3 is 6.18 Å². The van der Waals surface area contributed by atoms with E-state index in [1.54, 1.807) is 11.3 Å². The molecule has 5 heterocycles. The van der Waals surface area contributed by atoms with Gasteiger partial charge in [0, 0.05) is 36.7 Å². The number of nitrogens with two attached hydrogens (primary N) is 1. The highest BCUT2D eigenvalue weighted by atomic mass is 35.5. The number of piperidine rings is 1. The summed E-state index contributed by atoms with van der Waals surface area (Å²) in [4.78, 5) is 40.0. The highest BCUT2D eigenvalue weighted by Crippen LogP contribution is 2.40. The monoisotopic (exact) mass is 601 g/mol. The number of nitrogens with one attached hydrogen (secondary N) is 1. The molecule has 0 radical (unpaired) electrons. The van der Waals surface area contributed by atoms with Crippen molar-refractivity contribution in [1.82, 2.24) is 24.3 Å².